The van der Waals surface area contributed by atoms with E-state index in [9.17, 15) is 9.18 Å². The van der Waals surface area contributed by atoms with Gasteiger partial charge >= 0.3 is 0 Å². The van der Waals surface area contributed by atoms with E-state index in [0.29, 0.717) is 37.1 Å². The van der Waals surface area contributed by atoms with Crippen molar-refractivity contribution in [1.82, 2.24) is 4.90 Å². The number of aliphatic hydroxyl groups is 1. The summed E-state index contributed by atoms with van der Waals surface area (Å²) in [6.07, 6.45) is 2.31. The SMILES string of the molecule is O=C(c1cc2cc(F)ccc2o1)N1CCC(OCCCO)CC1. The Morgan fingerprint density at radius 2 is 2.13 bits per heavy atom. The van der Waals surface area contributed by atoms with E-state index in [0.717, 1.165) is 12.8 Å². The lowest BCUT2D eigenvalue weighted by atomic mass is 10.1. The zero-order valence-electron chi connectivity index (χ0n) is 12.8. The largest absolute Gasteiger partial charge is 0.451 e. The molecule has 0 spiro atoms. The van der Waals surface area contributed by atoms with Gasteiger partial charge in [0, 0.05) is 31.7 Å². The first-order valence-corrected chi connectivity index (χ1v) is 7.88. The number of aliphatic hydroxyl groups excluding tert-OH is 1. The number of piperidine rings is 1. The zero-order valence-corrected chi connectivity index (χ0v) is 12.8. The molecule has 1 N–H and O–H groups in total. The minimum Gasteiger partial charge on any atom is -0.451 e. The smallest absolute Gasteiger partial charge is 0.289 e. The maximum absolute atomic E-state index is 13.2. The fourth-order valence-electron chi connectivity index (χ4n) is 2.82. The van der Waals surface area contributed by atoms with Gasteiger partial charge in [-0.15, -0.1) is 0 Å². The minimum absolute atomic E-state index is 0.129. The Morgan fingerprint density at radius 3 is 2.87 bits per heavy atom. The van der Waals surface area contributed by atoms with Crippen LogP contribution in [-0.2, 0) is 4.74 Å². The molecule has 0 radical (unpaired) electrons. The molecule has 6 heteroatoms. The quantitative estimate of drug-likeness (QED) is 0.860. The summed E-state index contributed by atoms with van der Waals surface area (Å²) in [5, 5.41) is 9.34. The standard InChI is InChI=1S/C17H20FNO4/c18-13-2-3-15-12(10-13)11-16(23-15)17(21)19-6-4-14(5-7-19)22-9-1-8-20/h2-3,10-11,14,20H,1,4-9H2. The van der Waals surface area contributed by atoms with Gasteiger partial charge in [-0.1, -0.05) is 0 Å². The van der Waals surface area contributed by atoms with Crippen LogP contribution in [0.25, 0.3) is 11.0 Å². The molecular weight excluding hydrogens is 301 g/mol. The summed E-state index contributed by atoms with van der Waals surface area (Å²) in [6, 6.07) is 5.79. The van der Waals surface area contributed by atoms with Gasteiger partial charge in [0.1, 0.15) is 11.4 Å². The lowest BCUT2D eigenvalue weighted by Gasteiger charge is -2.31. The Kier molecular flexibility index (Phi) is 4.93. The Hall–Kier alpha value is -1.92. The Bertz CT molecular complexity index is 676. The summed E-state index contributed by atoms with van der Waals surface area (Å²) in [5.41, 5.74) is 0.511. The van der Waals surface area contributed by atoms with Gasteiger partial charge in [-0.25, -0.2) is 4.39 Å². The maximum atomic E-state index is 13.2. The second-order valence-electron chi connectivity index (χ2n) is 5.73. The van der Waals surface area contributed by atoms with E-state index in [-0.39, 0.29) is 30.2 Å². The summed E-state index contributed by atoms with van der Waals surface area (Å²) in [5.74, 6) is -0.279. The van der Waals surface area contributed by atoms with Crippen LogP contribution in [-0.4, -0.2) is 48.3 Å². The molecule has 0 saturated carbocycles. The minimum atomic E-state index is -0.349. The van der Waals surface area contributed by atoms with E-state index < -0.39 is 0 Å². The third-order valence-corrected chi connectivity index (χ3v) is 4.07. The monoisotopic (exact) mass is 321 g/mol. The molecule has 0 bridgehead atoms. The van der Waals surface area contributed by atoms with Crippen LogP contribution in [0, 0.1) is 5.82 Å². The Balaban J connectivity index is 1.60. The second-order valence-corrected chi connectivity index (χ2v) is 5.73. The summed E-state index contributed by atoms with van der Waals surface area (Å²) >= 11 is 0. The number of halogens is 1. The first-order chi connectivity index (χ1) is 11.2. The molecule has 23 heavy (non-hydrogen) atoms. The van der Waals surface area contributed by atoms with E-state index in [2.05, 4.69) is 0 Å². The van der Waals surface area contributed by atoms with Crippen molar-refractivity contribution in [2.75, 3.05) is 26.3 Å². The summed E-state index contributed by atoms with van der Waals surface area (Å²) in [7, 11) is 0. The van der Waals surface area contributed by atoms with E-state index in [1.807, 2.05) is 0 Å². The molecule has 1 aromatic carbocycles. The summed E-state index contributed by atoms with van der Waals surface area (Å²) < 4.78 is 24.4. The van der Waals surface area contributed by atoms with Crippen LogP contribution in [0.4, 0.5) is 4.39 Å². The molecule has 3 rings (SSSR count). The van der Waals surface area contributed by atoms with Gasteiger partial charge in [0.2, 0.25) is 0 Å². The molecule has 1 aromatic heterocycles. The average molecular weight is 321 g/mol. The molecule has 2 aromatic rings. The number of benzene rings is 1. The normalized spacial score (nSPS) is 16.2. The van der Waals surface area contributed by atoms with Crippen LogP contribution in [0.2, 0.25) is 0 Å². The lowest BCUT2D eigenvalue weighted by molar-refractivity contribution is 0.00332. The number of carbonyl (C=O) groups excluding carboxylic acids is 1. The molecular formula is C17H20FNO4. The van der Waals surface area contributed by atoms with E-state index in [1.54, 1.807) is 11.0 Å². The van der Waals surface area contributed by atoms with Crippen LogP contribution in [0.1, 0.15) is 29.8 Å². The van der Waals surface area contributed by atoms with Crippen LogP contribution in [0.3, 0.4) is 0 Å². The number of amides is 1. The van der Waals surface area contributed by atoms with Crippen LogP contribution in [0.5, 0.6) is 0 Å². The fraction of sp³-hybridized carbons (Fsp3) is 0.471. The average Bonchev–Trinajstić information content (AvgIpc) is 2.98. The summed E-state index contributed by atoms with van der Waals surface area (Å²) in [4.78, 5) is 14.2. The van der Waals surface area contributed by atoms with Crippen LogP contribution < -0.4 is 0 Å². The van der Waals surface area contributed by atoms with Crippen molar-refractivity contribution < 1.29 is 23.4 Å². The molecule has 0 aliphatic carbocycles. The van der Waals surface area contributed by atoms with Gasteiger partial charge in [0.05, 0.1) is 6.10 Å². The maximum Gasteiger partial charge on any atom is 0.289 e. The number of hydrogen-bond acceptors (Lipinski definition) is 4. The molecule has 0 unspecified atom stereocenters. The number of ether oxygens (including phenoxy) is 1. The molecule has 2 heterocycles. The van der Waals surface area contributed by atoms with E-state index in [1.165, 1.54) is 18.2 Å². The third kappa shape index (κ3) is 3.71. The van der Waals surface area contributed by atoms with Gasteiger partial charge in [0.25, 0.3) is 5.91 Å². The van der Waals surface area contributed by atoms with Gasteiger partial charge in [-0.3, -0.25) is 4.79 Å². The highest BCUT2D eigenvalue weighted by atomic mass is 19.1. The molecule has 5 nitrogen and oxygen atoms in total. The van der Waals surface area contributed by atoms with Gasteiger partial charge in [-0.2, -0.15) is 0 Å². The second kappa shape index (κ2) is 7.10. The predicted molar refractivity (Wildman–Crippen MR) is 82.8 cm³/mol. The van der Waals surface area contributed by atoms with E-state index in [4.69, 9.17) is 14.3 Å². The predicted octanol–water partition coefficient (Wildman–Crippen LogP) is 2.58. The fourth-order valence-corrected chi connectivity index (χ4v) is 2.82. The number of rotatable bonds is 5. The number of fused-ring (bicyclic) bond motifs is 1. The molecule has 1 saturated heterocycles. The van der Waals surface area contributed by atoms with Crippen molar-refractivity contribution in [3.63, 3.8) is 0 Å². The first-order valence-electron chi connectivity index (χ1n) is 7.88. The highest BCUT2D eigenvalue weighted by Gasteiger charge is 2.26. The third-order valence-electron chi connectivity index (χ3n) is 4.07. The number of carbonyl (C=O) groups is 1. The zero-order chi connectivity index (χ0) is 16.2. The van der Waals surface area contributed by atoms with Crippen molar-refractivity contribution in [3.8, 4) is 0 Å². The van der Waals surface area contributed by atoms with Crippen molar-refractivity contribution in [2.24, 2.45) is 0 Å². The van der Waals surface area contributed by atoms with Crippen molar-refractivity contribution >= 4 is 16.9 Å². The molecule has 124 valence electrons. The molecule has 1 fully saturated rings. The molecule has 1 aliphatic heterocycles. The first kappa shape index (κ1) is 16.0. The molecule has 0 atom stereocenters. The lowest BCUT2D eigenvalue weighted by Crippen LogP contribution is -2.40. The van der Waals surface area contributed by atoms with Crippen molar-refractivity contribution in [3.05, 3.63) is 35.8 Å². The summed E-state index contributed by atoms with van der Waals surface area (Å²) in [6.45, 7) is 1.89. The Labute approximate surface area is 133 Å². The molecule has 1 aliphatic rings. The number of hydrogen-bond donors (Lipinski definition) is 1. The van der Waals surface area contributed by atoms with Crippen molar-refractivity contribution in [2.45, 2.75) is 25.4 Å². The topological polar surface area (TPSA) is 62.9 Å². The number of furan rings is 1. The number of nitrogens with zero attached hydrogens (tertiary/aromatic N) is 1. The van der Waals surface area contributed by atoms with Gasteiger partial charge in [-0.05, 0) is 43.5 Å². The van der Waals surface area contributed by atoms with Gasteiger partial charge in [0.15, 0.2) is 5.76 Å². The highest BCUT2D eigenvalue weighted by molar-refractivity contribution is 5.96. The van der Waals surface area contributed by atoms with E-state index >= 15 is 0 Å². The number of likely N-dealkylation sites (tertiary alicyclic amines) is 1. The van der Waals surface area contributed by atoms with Crippen LogP contribution in [0.15, 0.2) is 28.7 Å². The van der Waals surface area contributed by atoms with Crippen molar-refractivity contribution in [1.29, 1.82) is 0 Å². The highest BCUT2D eigenvalue weighted by Crippen LogP contribution is 2.23. The molecule has 1 amide bonds. The van der Waals surface area contributed by atoms with Crippen LogP contribution >= 0.6 is 0 Å². The Morgan fingerprint density at radius 1 is 1.35 bits per heavy atom. The van der Waals surface area contributed by atoms with Gasteiger partial charge < -0.3 is 19.2 Å².